The highest BCUT2D eigenvalue weighted by atomic mass is 16.2. The van der Waals surface area contributed by atoms with Crippen molar-refractivity contribution < 1.29 is 4.79 Å². The Labute approximate surface area is 122 Å². The molecule has 2 rings (SSSR count). The number of rotatable bonds is 4. The number of benzene rings is 1. The third-order valence-corrected chi connectivity index (χ3v) is 4.13. The fourth-order valence-electron chi connectivity index (χ4n) is 2.85. The smallest absolute Gasteiger partial charge is 0.315 e. The van der Waals surface area contributed by atoms with Crippen molar-refractivity contribution in [1.82, 2.24) is 10.6 Å². The van der Waals surface area contributed by atoms with Gasteiger partial charge in [-0.3, -0.25) is 0 Å². The van der Waals surface area contributed by atoms with Crippen LogP contribution in [-0.2, 0) is 0 Å². The number of amides is 2. The van der Waals surface area contributed by atoms with E-state index in [1.807, 2.05) is 0 Å². The van der Waals surface area contributed by atoms with Gasteiger partial charge in [-0.1, -0.05) is 56.0 Å². The van der Waals surface area contributed by atoms with Crippen LogP contribution in [0.3, 0.4) is 0 Å². The van der Waals surface area contributed by atoms with Gasteiger partial charge in [-0.05, 0) is 31.7 Å². The van der Waals surface area contributed by atoms with Gasteiger partial charge in [-0.2, -0.15) is 0 Å². The van der Waals surface area contributed by atoms with Gasteiger partial charge in [0.05, 0.1) is 6.04 Å². The molecule has 0 aromatic heterocycles. The first-order valence-electron chi connectivity index (χ1n) is 7.82. The molecule has 1 atom stereocenters. The van der Waals surface area contributed by atoms with Gasteiger partial charge in [0.1, 0.15) is 0 Å². The van der Waals surface area contributed by atoms with Gasteiger partial charge >= 0.3 is 6.03 Å². The first kappa shape index (κ1) is 14.9. The topological polar surface area (TPSA) is 41.1 Å². The summed E-state index contributed by atoms with van der Waals surface area (Å²) in [5.74, 6) is 0. The molecule has 110 valence electrons. The highest BCUT2D eigenvalue weighted by molar-refractivity contribution is 5.74. The summed E-state index contributed by atoms with van der Waals surface area (Å²) in [6.45, 7) is 4.18. The van der Waals surface area contributed by atoms with Gasteiger partial charge < -0.3 is 10.6 Å². The van der Waals surface area contributed by atoms with Crippen LogP contribution < -0.4 is 10.6 Å². The lowest BCUT2D eigenvalue weighted by Gasteiger charge is -2.25. The number of carbonyl (C=O) groups is 1. The Morgan fingerprint density at radius 2 is 1.85 bits per heavy atom. The van der Waals surface area contributed by atoms with Gasteiger partial charge in [0.15, 0.2) is 0 Å². The molecule has 1 saturated carbocycles. The van der Waals surface area contributed by atoms with Crippen LogP contribution >= 0.6 is 0 Å². The molecule has 20 heavy (non-hydrogen) atoms. The van der Waals surface area contributed by atoms with Crippen molar-refractivity contribution in [2.45, 2.75) is 64.5 Å². The molecule has 1 aliphatic carbocycles. The molecule has 2 N–H and O–H groups in total. The molecule has 3 nitrogen and oxygen atoms in total. The molecule has 3 heteroatoms. The maximum atomic E-state index is 12.1. The van der Waals surface area contributed by atoms with E-state index in [4.69, 9.17) is 0 Å². The number of hydrogen-bond acceptors (Lipinski definition) is 1. The summed E-state index contributed by atoms with van der Waals surface area (Å²) < 4.78 is 0. The average molecular weight is 274 g/mol. The van der Waals surface area contributed by atoms with Crippen molar-refractivity contribution in [3.8, 4) is 0 Å². The maximum Gasteiger partial charge on any atom is 0.315 e. The van der Waals surface area contributed by atoms with Gasteiger partial charge in [-0.15, -0.1) is 0 Å². The van der Waals surface area contributed by atoms with Crippen molar-refractivity contribution in [1.29, 1.82) is 0 Å². The lowest BCUT2D eigenvalue weighted by atomic mass is 9.96. The molecule has 0 saturated heterocycles. The van der Waals surface area contributed by atoms with E-state index in [-0.39, 0.29) is 12.1 Å². The standard InChI is InChI=1S/C17H26N2O/c1-3-16(14-11-9-13(2)10-12-14)19-17(20)18-15-7-5-4-6-8-15/h9-12,15-16H,3-8H2,1-2H3,(H2,18,19,20)/t16-/m1/s1. The number of urea groups is 1. The lowest BCUT2D eigenvalue weighted by Crippen LogP contribution is -2.44. The molecule has 1 aromatic rings. The minimum Gasteiger partial charge on any atom is -0.335 e. The molecule has 2 amide bonds. The Morgan fingerprint density at radius 1 is 1.20 bits per heavy atom. The van der Waals surface area contributed by atoms with E-state index in [0.29, 0.717) is 6.04 Å². The highest BCUT2D eigenvalue weighted by Gasteiger charge is 2.18. The molecule has 1 aromatic carbocycles. The summed E-state index contributed by atoms with van der Waals surface area (Å²) in [6.07, 6.45) is 6.92. The summed E-state index contributed by atoms with van der Waals surface area (Å²) in [6, 6.07) is 8.83. The molecule has 0 spiro atoms. The summed E-state index contributed by atoms with van der Waals surface area (Å²) in [5, 5.41) is 6.21. The Bertz CT molecular complexity index is 421. The normalized spacial score (nSPS) is 17.5. The van der Waals surface area contributed by atoms with E-state index in [9.17, 15) is 4.79 Å². The molecule has 1 fully saturated rings. The largest absolute Gasteiger partial charge is 0.335 e. The summed E-state index contributed by atoms with van der Waals surface area (Å²) in [5.41, 5.74) is 2.42. The highest BCUT2D eigenvalue weighted by Crippen LogP contribution is 2.19. The van der Waals surface area contributed by atoms with Crippen LogP contribution in [0.25, 0.3) is 0 Å². The fourth-order valence-corrected chi connectivity index (χ4v) is 2.85. The van der Waals surface area contributed by atoms with Crippen molar-refractivity contribution in [2.24, 2.45) is 0 Å². The van der Waals surface area contributed by atoms with Gasteiger partial charge in [0.25, 0.3) is 0 Å². The Kier molecular flexibility index (Phi) is 5.45. The minimum atomic E-state index is -0.0238. The zero-order valence-corrected chi connectivity index (χ0v) is 12.6. The van der Waals surface area contributed by atoms with Crippen molar-refractivity contribution in [2.75, 3.05) is 0 Å². The molecule has 0 unspecified atom stereocenters. The number of hydrogen-bond donors (Lipinski definition) is 2. The fraction of sp³-hybridized carbons (Fsp3) is 0.588. The zero-order chi connectivity index (χ0) is 14.4. The third-order valence-electron chi connectivity index (χ3n) is 4.13. The summed E-state index contributed by atoms with van der Waals surface area (Å²) in [4.78, 5) is 12.1. The van der Waals surface area contributed by atoms with E-state index in [1.165, 1.54) is 30.4 Å². The Hall–Kier alpha value is -1.51. The van der Waals surface area contributed by atoms with Crippen LogP contribution in [0.15, 0.2) is 24.3 Å². The van der Waals surface area contributed by atoms with Crippen molar-refractivity contribution in [3.63, 3.8) is 0 Å². The predicted molar refractivity (Wildman–Crippen MR) is 82.8 cm³/mol. The Morgan fingerprint density at radius 3 is 2.45 bits per heavy atom. The second kappa shape index (κ2) is 7.32. The third kappa shape index (κ3) is 4.26. The van der Waals surface area contributed by atoms with E-state index >= 15 is 0 Å². The average Bonchev–Trinajstić information content (AvgIpc) is 2.47. The van der Waals surface area contributed by atoms with Crippen LogP contribution in [-0.4, -0.2) is 12.1 Å². The molecule has 1 aliphatic rings. The van der Waals surface area contributed by atoms with Crippen LogP contribution in [0, 0.1) is 6.92 Å². The molecular formula is C17H26N2O. The van der Waals surface area contributed by atoms with Crippen LogP contribution in [0.5, 0.6) is 0 Å². The molecule has 0 heterocycles. The zero-order valence-electron chi connectivity index (χ0n) is 12.6. The molecular weight excluding hydrogens is 248 g/mol. The summed E-state index contributed by atoms with van der Waals surface area (Å²) in [7, 11) is 0. The lowest BCUT2D eigenvalue weighted by molar-refractivity contribution is 0.228. The minimum absolute atomic E-state index is 0.0238. The van der Waals surface area contributed by atoms with Crippen LogP contribution in [0.2, 0.25) is 0 Å². The van der Waals surface area contributed by atoms with Crippen LogP contribution in [0.1, 0.15) is 62.6 Å². The first-order valence-corrected chi connectivity index (χ1v) is 7.82. The summed E-state index contributed by atoms with van der Waals surface area (Å²) >= 11 is 0. The predicted octanol–water partition coefficient (Wildman–Crippen LogP) is 4.08. The second-order valence-corrected chi connectivity index (χ2v) is 5.82. The number of aryl methyl sites for hydroxylation is 1. The van der Waals surface area contributed by atoms with E-state index < -0.39 is 0 Å². The van der Waals surface area contributed by atoms with E-state index in [0.717, 1.165) is 19.3 Å². The van der Waals surface area contributed by atoms with E-state index in [2.05, 4.69) is 48.7 Å². The Balaban J connectivity index is 1.88. The number of carbonyl (C=O) groups excluding carboxylic acids is 1. The van der Waals surface area contributed by atoms with E-state index in [1.54, 1.807) is 0 Å². The number of nitrogens with one attached hydrogen (secondary N) is 2. The van der Waals surface area contributed by atoms with Crippen molar-refractivity contribution in [3.05, 3.63) is 35.4 Å². The van der Waals surface area contributed by atoms with Gasteiger partial charge in [0.2, 0.25) is 0 Å². The SMILES string of the molecule is CC[C@@H](NC(=O)NC1CCCCC1)c1ccc(C)cc1. The van der Waals surface area contributed by atoms with Crippen LogP contribution in [0.4, 0.5) is 4.79 Å². The maximum absolute atomic E-state index is 12.1. The second-order valence-electron chi connectivity index (χ2n) is 5.82. The first-order chi connectivity index (χ1) is 9.69. The quantitative estimate of drug-likeness (QED) is 0.853. The monoisotopic (exact) mass is 274 g/mol. The van der Waals surface area contributed by atoms with Gasteiger partial charge in [0, 0.05) is 6.04 Å². The molecule has 0 bridgehead atoms. The van der Waals surface area contributed by atoms with Gasteiger partial charge in [-0.25, -0.2) is 4.79 Å². The molecule has 0 aliphatic heterocycles. The molecule has 0 radical (unpaired) electrons. The van der Waals surface area contributed by atoms with Crippen molar-refractivity contribution >= 4 is 6.03 Å².